The highest BCUT2D eigenvalue weighted by molar-refractivity contribution is 5.87. The van der Waals surface area contributed by atoms with Crippen molar-refractivity contribution in [3.05, 3.63) is 41.5 Å². The fraction of sp³-hybridized carbons (Fsp3) is 0.550. The maximum absolute atomic E-state index is 12.1. The number of Topliss-reactive ketones (excluding diaryl/α,β-unsaturated/α-hetero) is 1. The normalized spacial score (nSPS) is 13.8. The molecule has 0 bridgehead atoms. The number of hydrogen-bond acceptors (Lipinski definition) is 2. The number of nitrogens with one attached hydrogen (secondary N) is 1. The lowest BCUT2D eigenvalue weighted by Crippen LogP contribution is -2.35. The van der Waals surface area contributed by atoms with E-state index in [2.05, 4.69) is 50.9 Å². The monoisotopic (exact) mass is 303 g/mol. The highest BCUT2D eigenvalue weighted by Gasteiger charge is 2.18. The molecule has 124 valence electrons. The van der Waals surface area contributed by atoms with Gasteiger partial charge in [0.1, 0.15) is 0 Å². The first kappa shape index (κ1) is 18.5. The molecule has 0 aliphatic heterocycles. The second-order valence-corrected chi connectivity index (χ2v) is 6.61. The third kappa shape index (κ3) is 4.46. The van der Waals surface area contributed by atoms with Gasteiger partial charge in [0, 0.05) is 18.6 Å². The van der Waals surface area contributed by atoms with Gasteiger partial charge in [-0.1, -0.05) is 58.9 Å². The molecule has 22 heavy (non-hydrogen) atoms. The molecule has 0 radical (unpaired) electrons. The van der Waals surface area contributed by atoms with Crippen LogP contribution in [0.15, 0.2) is 24.8 Å². The van der Waals surface area contributed by atoms with E-state index in [-0.39, 0.29) is 19.2 Å². The van der Waals surface area contributed by atoms with Crippen molar-refractivity contribution in [2.24, 2.45) is 5.92 Å². The first-order valence-electron chi connectivity index (χ1n) is 8.38. The van der Waals surface area contributed by atoms with Gasteiger partial charge in [0.05, 0.1) is 6.04 Å². The highest BCUT2D eigenvalue weighted by atomic mass is 16.1. The quantitative estimate of drug-likeness (QED) is 0.704. The summed E-state index contributed by atoms with van der Waals surface area (Å²) in [4.78, 5) is 12.1. The Kier molecular flexibility index (Phi) is 6.86. The van der Waals surface area contributed by atoms with Crippen LogP contribution in [0.3, 0.4) is 0 Å². The van der Waals surface area contributed by atoms with E-state index in [4.69, 9.17) is 0 Å². The van der Waals surface area contributed by atoms with Gasteiger partial charge < -0.3 is 5.32 Å². The van der Waals surface area contributed by atoms with Crippen LogP contribution in [-0.2, 0) is 4.79 Å². The van der Waals surface area contributed by atoms with Gasteiger partial charge in [-0.15, -0.1) is 0 Å². The SMILES string of the molecule is C=C(N[C@H](C)C(=O)C(C)C)c1cccc(C(C)CCC)c1C.[HH]. The van der Waals surface area contributed by atoms with Gasteiger partial charge in [-0.3, -0.25) is 4.79 Å². The summed E-state index contributed by atoms with van der Waals surface area (Å²) in [7, 11) is 0. The molecule has 0 spiro atoms. The smallest absolute Gasteiger partial charge is 0.157 e. The van der Waals surface area contributed by atoms with Crippen LogP contribution < -0.4 is 5.32 Å². The molecular formula is C20H33NO. The van der Waals surface area contributed by atoms with Gasteiger partial charge in [-0.2, -0.15) is 0 Å². The first-order chi connectivity index (χ1) is 10.3. The summed E-state index contributed by atoms with van der Waals surface area (Å²) < 4.78 is 0. The molecule has 1 aromatic carbocycles. The van der Waals surface area contributed by atoms with E-state index < -0.39 is 0 Å². The fourth-order valence-electron chi connectivity index (χ4n) is 3.01. The van der Waals surface area contributed by atoms with E-state index in [0.717, 1.165) is 11.3 Å². The van der Waals surface area contributed by atoms with Gasteiger partial charge in [0.2, 0.25) is 0 Å². The van der Waals surface area contributed by atoms with Gasteiger partial charge in [0.15, 0.2) is 5.78 Å². The number of ketones is 1. The molecule has 1 rings (SSSR count). The maximum atomic E-state index is 12.1. The van der Waals surface area contributed by atoms with Gasteiger partial charge >= 0.3 is 0 Å². The standard InChI is InChI=1S/C20H31NO.H2/c1-8-10-14(4)18-11-9-12-19(15(18)5)16(6)21-17(7)20(22)13(2)3;/h9,11-14,17,21H,6,8,10H2,1-5,7H3;1H/t14?,17-;/m1./s1. The lowest BCUT2D eigenvalue weighted by atomic mass is 9.89. The van der Waals surface area contributed by atoms with Crippen molar-refractivity contribution in [2.75, 3.05) is 0 Å². The molecule has 0 saturated carbocycles. The minimum atomic E-state index is -0.205. The van der Waals surface area contributed by atoms with Crippen LogP contribution in [0, 0.1) is 12.8 Å². The van der Waals surface area contributed by atoms with Crippen LogP contribution >= 0.6 is 0 Å². The van der Waals surface area contributed by atoms with Crippen LogP contribution in [0.25, 0.3) is 5.70 Å². The Morgan fingerprint density at radius 2 is 1.91 bits per heavy atom. The summed E-state index contributed by atoms with van der Waals surface area (Å²) in [5, 5.41) is 3.27. The predicted octanol–water partition coefficient (Wildman–Crippen LogP) is 5.32. The topological polar surface area (TPSA) is 29.1 Å². The summed E-state index contributed by atoms with van der Waals surface area (Å²) in [5.41, 5.74) is 4.60. The van der Waals surface area contributed by atoms with E-state index >= 15 is 0 Å². The minimum absolute atomic E-state index is 0. The second kappa shape index (κ2) is 8.17. The first-order valence-corrected chi connectivity index (χ1v) is 8.38. The molecule has 0 aromatic heterocycles. The van der Waals surface area contributed by atoms with Crippen LogP contribution in [0.4, 0.5) is 0 Å². The van der Waals surface area contributed by atoms with Crippen molar-refractivity contribution in [3.8, 4) is 0 Å². The number of rotatable bonds is 8. The fourth-order valence-corrected chi connectivity index (χ4v) is 3.01. The molecule has 2 nitrogen and oxygen atoms in total. The van der Waals surface area contributed by atoms with Crippen molar-refractivity contribution in [3.63, 3.8) is 0 Å². The molecule has 2 heteroatoms. The molecule has 0 fully saturated rings. The summed E-state index contributed by atoms with van der Waals surface area (Å²) in [6, 6.07) is 6.17. The molecule has 0 aliphatic rings. The number of hydrogen-bond donors (Lipinski definition) is 1. The van der Waals surface area contributed by atoms with Crippen LogP contribution in [0.2, 0.25) is 0 Å². The molecule has 1 aromatic rings. The van der Waals surface area contributed by atoms with Crippen LogP contribution in [0.1, 0.15) is 71.5 Å². The van der Waals surface area contributed by atoms with Crippen LogP contribution in [-0.4, -0.2) is 11.8 Å². The number of carbonyl (C=O) groups excluding carboxylic acids is 1. The molecule has 0 amide bonds. The summed E-state index contributed by atoms with van der Waals surface area (Å²) in [6.07, 6.45) is 2.37. The van der Waals surface area contributed by atoms with Crippen molar-refractivity contribution in [1.82, 2.24) is 5.32 Å². The minimum Gasteiger partial charge on any atom is -0.376 e. The van der Waals surface area contributed by atoms with E-state index in [9.17, 15) is 4.79 Å². The van der Waals surface area contributed by atoms with E-state index in [1.54, 1.807) is 0 Å². The van der Waals surface area contributed by atoms with E-state index in [1.807, 2.05) is 20.8 Å². The van der Waals surface area contributed by atoms with E-state index in [1.165, 1.54) is 24.0 Å². The maximum Gasteiger partial charge on any atom is 0.157 e. The zero-order chi connectivity index (χ0) is 16.9. The highest BCUT2D eigenvalue weighted by Crippen LogP contribution is 2.28. The Bertz CT molecular complexity index is 536. The third-order valence-corrected chi connectivity index (χ3v) is 4.34. The van der Waals surface area contributed by atoms with Gasteiger partial charge in [-0.05, 0) is 37.3 Å². The molecule has 0 heterocycles. The Labute approximate surface area is 137 Å². The Balaban J connectivity index is 0.00000484. The zero-order valence-corrected chi connectivity index (χ0v) is 15.0. The molecular weight excluding hydrogens is 270 g/mol. The average molecular weight is 303 g/mol. The molecule has 1 N–H and O–H groups in total. The van der Waals surface area contributed by atoms with Gasteiger partial charge in [-0.25, -0.2) is 0 Å². The Morgan fingerprint density at radius 3 is 2.45 bits per heavy atom. The van der Waals surface area contributed by atoms with Crippen molar-refractivity contribution >= 4 is 11.5 Å². The Hall–Kier alpha value is -1.57. The molecule has 1 unspecified atom stereocenters. The molecule has 0 aliphatic carbocycles. The largest absolute Gasteiger partial charge is 0.376 e. The second-order valence-electron chi connectivity index (χ2n) is 6.61. The van der Waals surface area contributed by atoms with Crippen molar-refractivity contribution < 1.29 is 6.22 Å². The van der Waals surface area contributed by atoms with E-state index in [0.29, 0.717) is 5.92 Å². The predicted molar refractivity (Wildman–Crippen MR) is 98.1 cm³/mol. The Morgan fingerprint density at radius 1 is 1.27 bits per heavy atom. The number of benzene rings is 1. The summed E-state index contributed by atoms with van der Waals surface area (Å²) >= 11 is 0. The number of carbonyl (C=O) groups is 1. The average Bonchev–Trinajstić information content (AvgIpc) is 2.46. The van der Waals surface area contributed by atoms with Gasteiger partial charge in [0.25, 0.3) is 0 Å². The summed E-state index contributed by atoms with van der Waals surface area (Å²) in [5.74, 6) is 0.800. The lowest BCUT2D eigenvalue weighted by Gasteiger charge is -2.22. The molecule has 0 saturated heterocycles. The van der Waals surface area contributed by atoms with Crippen LogP contribution in [0.5, 0.6) is 0 Å². The van der Waals surface area contributed by atoms with Crippen molar-refractivity contribution in [1.29, 1.82) is 0 Å². The summed E-state index contributed by atoms with van der Waals surface area (Å²) in [6.45, 7) is 16.6. The van der Waals surface area contributed by atoms with Crippen molar-refractivity contribution in [2.45, 2.75) is 66.3 Å². The third-order valence-electron chi connectivity index (χ3n) is 4.34. The molecule has 2 atom stereocenters. The lowest BCUT2D eigenvalue weighted by molar-refractivity contribution is -0.123. The zero-order valence-electron chi connectivity index (χ0n) is 15.0.